The second-order valence-corrected chi connectivity index (χ2v) is 5.95. The number of benzene rings is 1. The standard InChI is InChI=1S/C11H12FN3O2S/c1-15-3-2-10(14-15)7-18(16,17)11-5-8(12)4-9(13)6-11/h2-6H,7,13H2,1H3. The molecule has 0 spiro atoms. The fourth-order valence-electron chi connectivity index (χ4n) is 1.58. The summed E-state index contributed by atoms with van der Waals surface area (Å²) < 4.78 is 38.7. The Morgan fingerprint density at radius 1 is 1.39 bits per heavy atom. The molecule has 2 aromatic rings. The number of hydrogen-bond donors (Lipinski definition) is 1. The van der Waals surface area contributed by atoms with E-state index in [0.29, 0.717) is 5.69 Å². The number of nitrogen functional groups attached to an aromatic ring is 1. The number of rotatable bonds is 3. The van der Waals surface area contributed by atoms with Crippen molar-refractivity contribution < 1.29 is 12.8 Å². The van der Waals surface area contributed by atoms with Gasteiger partial charge < -0.3 is 5.73 Å². The van der Waals surface area contributed by atoms with Crippen molar-refractivity contribution in [2.75, 3.05) is 5.73 Å². The molecule has 0 aliphatic carbocycles. The van der Waals surface area contributed by atoms with E-state index in [1.807, 2.05) is 0 Å². The summed E-state index contributed by atoms with van der Waals surface area (Å²) in [5.74, 6) is -0.953. The summed E-state index contributed by atoms with van der Waals surface area (Å²) in [6.45, 7) is 0. The largest absolute Gasteiger partial charge is 0.399 e. The molecule has 96 valence electrons. The monoisotopic (exact) mass is 269 g/mol. The molecule has 0 bridgehead atoms. The third-order valence-corrected chi connectivity index (χ3v) is 3.99. The maximum Gasteiger partial charge on any atom is 0.184 e. The summed E-state index contributed by atoms with van der Waals surface area (Å²) >= 11 is 0. The SMILES string of the molecule is Cn1ccc(CS(=O)(=O)c2cc(N)cc(F)c2)n1. The second-order valence-electron chi connectivity index (χ2n) is 3.96. The Labute approximate surface area is 104 Å². The summed E-state index contributed by atoms with van der Waals surface area (Å²) in [7, 11) is -1.95. The summed E-state index contributed by atoms with van der Waals surface area (Å²) in [6.07, 6.45) is 1.64. The third kappa shape index (κ3) is 2.67. The zero-order chi connectivity index (χ0) is 13.3. The summed E-state index contributed by atoms with van der Waals surface area (Å²) in [4.78, 5) is -0.134. The molecule has 0 saturated heterocycles. The van der Waals surface area contributed by atoms with Crippen molar-refractivity contribution >= 4 is 15.5 Å². The van der Waals surface area contributed by atoms with E-state index in [1.165, 1.54) is 10.7 Å². The van der Waals surface area contributed by atoms with E-state index < -0.39 is 15.7 Å². The molecule has 0 saturated carbocycles. The molecule has 0 atom stereocenters. The van der Waals surface area contributed by atoms with Gasteiger partial charge in [-0.05, 0) is 24.3 Å². The fourth-order valence-corrected chi connectivity index (χ4v) is 2.90. The highest BCUT2D eigenvalue weighted by Crippen LogP contribution is 2.19. The van der Waals surface area contributed by atoms with Gasteiger partial charge in [-0.3, -0.25) is 4.68 Å². The van der Waals surface area contributed by atoms with Gasteiger partial charge in [0.05, 0.1) is 16.3 Å². The molecule has 0 amide bonds. The van der Waals surface area contributed by atoms with Crippen LogP contribution in [-0.4, -0.2) is 18.2 Å². The van der Waals surface area contributed by atoms with Crippen LogP contribution in [0.25, 0.3) is 0 Å². The maximum absolute atomic E-state index is 13.1. The highest BCUT2D eigenvalue weighted by Gasteiger charge is 2.18. The van der Waals surface area contributed by atoms with E-state index in [1.54, 1.807) is 19.3 Å². The highest BCUT2D eigenvalue weighted by molar-refractivity contribution is 7.90. The minimum atomic E-state index is -3.64. The van der Waals surface area contributed by atoms with Crippen LogP contribution in [-0.2, 0) is 22.6 Å². The van der Waals surface area contributed by atoms with Gasteiger partial charge in [-0.25, -0.2) is 12.8 Å². The molecule has 0 aliphatic rings. The lowest BCUT2D eigenvalue weighted by molar-refractivity contribution is 0.589. The number of anilines is 1. The van der Waals surface area contributed by atoms with Gasteiger partial charge in [0, 0.05) is 18.9 Å². The molecule has 0 fully saturated rings. The first kappa shape index (κ1) is 12.6. The van der Waals surface area contributed by atoms with E-state index in [2.05, 4.69) is 5.10 Å². The van der Waals surface area contributed by atoms with Gasteiger partial charge in [-0.1, -0.05) is 0 Å². The first-order valence-electron chi connectivity index (χ1n) is 5.14. The molecule has 7 heteroatoms. The number of hydrogen-bond acceptors (Lipinski definition) is 4. The van der Waals surface area contributed by atoms with Crippen molar-refractivity contribution in [3.63, 3.8) is 0 Å². The van der Waals surface area contributed by atoms with Gasteiger partial charge in [-0.15, -0.1) is 0 Å². The molecule has 1 aromatic carbocycles. The van der Waals surface area contributed by atoms with Crippen LogP contribution in [0.15, 0.2) is 35.4 Å². The number of halogens is 1. The van der Waals surface area contributed by atoms with Gasteiger partial charge in [0.15, 0.2) is 9.84 Å². The van der Waals surface area contributed by atoms with Crippen LogP contribution in [0.3, 0.4) is 0 Å². The van der Waals surface area contributed by atoms with Gasteiger partial charge in [0.2, 0.25) is 0 Å². The Morgan fingerprint density at radius 2 is 2.11 bits per heavy atom. The minimum absolute atomic E-state index is 0.0783. The molecular weight excluding hydrogens is 257 g/mol. The topological polar surface area (TPSA) is 78.0 Å². The first-order valence-corrected chi connectivity index (χ1v) is 6.79. The fraction of sp³-hybridized carbons (Fsp3) is 0.182. The lowest BCUT2D eigenvalue weighted by Crippen LogP contribution is -2.07. The van der Waals surface area contributed by atoms with Crippen LogP contribution in [0, 0.1) is 5.82 Å². The van der Waals surface area contributed by atoms with Crippen molar-refractivity contribution in [1.29, 1.82) is 0 Å². The molecule has 5 nitrogen and oxygen atoms in total. The molecule has 1 heterocycles. The summed E-state index contributed by atoms with van der Waals surface area (Å²) in [6, 6.07) is 4.86. The molecule has 1 aromatic heterocycles. The zero-order valence-corrected chi connectivity index (χ0v) is 10.5. The maximum atomic E-state index is 13.1. The predicted octanol–water partition coefficient (Wildman–Crippen LogP) is 1.12. The van der Waals surface area contributed by atoms with Gasteiger partial charge >= 0.3 is 0 Å². The molecule has 2 N–H and O–H groups in total. The second kappa shape index (κ2) is 4.41. The Hall–Kier alpha value is -1.89. The summed E-state index contributed by atoms with van der Waals surface area (Å²) in [5.41, 5.74) is 5.91. The van der Waals surface area contributed by atoms with Crippen molar-refractivity contribution in [1.82, 2.24) is 9.78 Å². The Balaban J connectivity index is 2.36. The highest BCUT2D eigenvalue weighted by atomic mass is 32.2. The van der Waals surface area contributed by atoms with Gasteiger partial charge in [0.25, 0.3) is 0 Å². The van der Waals surface area contributed by atoms with E-state index >= 15 is 0 Å². The van der Waals surface area contributed by atoms with Crippen molar-refractivity contribution in [3.05, 3.63) is 42.0 Å². The smallest absolute Gasteiger partial charge is 0.184 e. The van der Waals surface area contributed by atoms with E-state index in [4.69, 9.17) is 5.73 Å². The van der Waals surface area contributed by atoms with E-state index in [9.17, 15) is 12.8 Å². The molecule has 18 heavy (non-hydrogen) atoms. The number of aromatic nitrogens is 2. The zero-order valence-electron chi connectivity index (χ0n) is 9.67. The Bertz CT molecular complexity index is 659. The molecule has 2 rings (SSSR count). The lowest BCUT2D eigenvalue weighted by atomic mass is 10.3. The van der Waals surface area contributed by atoms with Gasteiger partial charge in [-0.2, -0.15) is 5.10 Å². The van der Waals surface area contributed by atoms with Crippen LogP contribution >= 0.6 is 0 Å². The van der Waals surface area contributed by atoms with Crippen LogP contribution < -0.4 is 5.73 Å². The normalized spacial score (nSPS) is 11.7. The molecule has 0 radical (unpaired) electrons. The average Bonchev–Trinajstić information content (AvgIpc) is 2.61. The van der Waals surface area contributed by atoms with Crippen molar-refractivity contribution in [2.24, 2.45) is 7.05 Å². The third-order valence-electron chi connectivity index (χ3n) is 2.36. The quantitative estimate of drug-likeness (QED) is 0.847. The number of sulfone groups is 1. The van der Waals surface area contributed by atoms with Crippen LogP contribution in [0.5, 0.6) is 0 Å². The van der Waals surface area contributed by atoms with E-state index in [-0.39, 0.29) is 16.3 Å². The predicted molar refractivity (Wildman–Crippen MR) is 64.9 cm³/mol. The molecular formula is C11H12FN3O2S. The first-order chi connectivity index (χ1) is 8.37. The van der Waals surface area contributed by atoms with Crippen LogP contribution in [0.2, 0.25) is 0 Å². The van der Waals surface area contributed by atoms with Crippen LogP contribution in [0.1, 0.15) is 5.69 Å². The number of nitrogens with zero attached hydrogens (tertiary/aromatic N) is 2. The molecule has 0 unspecified atom stereocenters. The Kier molecular flexibility index (Phi) is 3.08. The minimum Gasteiger partial charge on any atom is -0.399 e. The van der Waals surface area contributed by atoms with Gasteiger partial charge in [0.1, 0.15) is 5.82 Å². The van der Waals surface area contributed by atoms with Crippen molar-refractivity contribution in [3.8, 4) is 0 Å². The molecule has 0 aliphatic heterocycles. The average molecular weight is 269 g/mol. The van der Waals surface area contributed by atoms with Crippen molar-refractivity contribution in [2.45, 2.75) is 10.6 Å². The number of aryl methyl sites for hydroxylation is 1. The van der Waals surface area contributed by atoms with E-state index in [0.717, 1.165) is 12.1 Å². The van der Waals surface area contributed by atoms with Crippen LogP contribution in [0.4, 0.5) is 10.1 Å². The lowest BCUT2D eigenvalue weighted by Gasteiger charge is -2.04. The summed E-state index contributed by atoms with van der Waals surface area (Å²) in [5, 5.41) is 3.98. The number of nitrogens with two attached hydrogens (primary N) is 1. The Morgan fingerprint density at radius 3 is 2.67 bits per heavy atom.